The first kappa shape index (κ1) is 15.7. The van der Waals surface area contributed by atoms with Gasteiger partial charge in [0.05, 0.1) is 23.5 Å². The van der Waals surface area contributed by atoms with Crippen LogP contribution in [0.5, 0.6) is 0 Å². The quantitative estimate of drug-likeness (QED) is 0.484. The maximum Gasteiger partial charge on any atom is 0.0943 e. The first-order valence-electron chi connectivity index (χ1n) is 8.85. The lowest BCUT2D eigenvalue weighted by Crippen LogP contribution is -1.86. The lowest BCUT2D eigenvalue weighted by Gasteiger charge is -2.05. The van der Waals surface area contributed by atoms with Crippen LogP contribution in [-0.4, -0.2) is 20.1 Å². The van der Waals surface area contributed by atoms with Gasteiger partial charge >= 0.3 is 0 Å². The molecule has 27 heavy (non-hydrogen) atoms. The molecule has 0 aliphatic heterocycles. The van der Waals surface area contributed by atoms with Crippen molar-refractivity contribution in [1.82, 2.24) is 15.0 Å². The predicted molar refractivity (Wildman–Crippen MR) is 108 cm³/mol. The summed E-state index contributed by atoms with van der Waals surface area (Å²) < 4.78 is 0. The van der Waals surface area contributed by atoms with Gasteiger partial charge in [0.1, 0.15) is 0 Å². The molecule has 4 heteroatoms. The van der Waals surface area contributed by atoms with Gasteiger partial charge in [-0.1, -0.05) is 36.4 Å². The van der Waals surface area contributed by atoms with Crippen molar-refractivity contribution in [3.63, 3.8) is 0 Å². The van der Waals surface area contributed by atoms with Gasteiger partial charge < -0.3 is 10.1 Å². The maximum absolute atomic E-state index is 9.43. The zero-order valence-electron chi connectivity index (χ0n) is 14.6. The van der Waals surface area contributed by atoms with Crippen molar-refractivity contribution < 1.29 is 5.11 Å². The van der Waals surface area contributed by atoms with Gasteiger partial charge in [-0.05, 0) is 35.9 Å². The molecule has 0 amide bonds. The molecular weight excluding hydrogens is 334 g/mol. The van der Waals surface area contributed by atoms with Gasteiger partial charge in [0.2, 0.25) is 0 Å². The average molecular weight is 351 g/mol. The minimum Gasteiger partial charge on any atom is -0.392 e. The number of hydrogen-bond acceptors (Lipinski definition) is 3. The van der Waals surface area contributed by atoms with E-state index in [0.29, 0.717) is 0 Å². The highest BCUT2D eigenvalue weighted by Crippen LogP contribution is 2.32. The molecule has 0 fully saturated rings. The molecule has 130 valence electrons. The molecule has 0 radical (unpaired) electrons. The fourth-order valence-electron chi connectivity index (χ4n) is 3.52. The molecule has 2 N–H and O–H groups in total. The predicted octanol–water partition coefficient (Wildman–Crippen LogP) is 4.94. The highest BCUT2D eigenvalue weighted by atomic mass is 16.3. The SMILES string of the molecule is OCc1ccc2[nH]c3c(-c4ccc(-c5ccccn5)cc4)nccc3c2c1. The molecular formula is C23H17N3O. The number of aliphatic hydroxyl groups is 1. The Hall–Kier alpha value is -3.50. The van der Waals surface area contributed by atoms with Crippen molar-refractivity contribution in [2.75, 3.05) is 0 Å². The topological polar surface area (TPSA) is 61.8 Å². The van der Waals surface area contributed by atoms with E-state index < -0.39 is 0 Å². The number of hydrogen-bond donors (Lipinski definition) is 2. The summed E-state index contributed by atoms with van der Waals surface area (Å²) in [6.45, 7) is 0.0372. The minimum absolute atomic E-state index is 0.0372. The van der Waals surface area contributed by atoms with Gasteiger partial charge in [-0.15, -0.1) is 0 Å². The van der Waals surface area contributed by atoms with Crippen molar-refractivity contribution in [3.8, 4) is 22.5 Å². The number of nitrogens with zero attached hydrogens (tertiary/aromatic N) is 2. The molecule has 0 aliphatic rings. The summed E-state index contributed by atoms with van der Waals surface area (Å²) in [5, 5.41) is 11.6. The minimum atomic E-state index is 0.0372. The van der Waals surface area contributed by atoms with Crippen LogP contribution in [0.1, 0.15) is 5.56 Å². The van der Waals surface area contributed by atoms with E-state index in [4.69, 9.17) is 0 Å². The molecule has 5 rings (SSSR count). The number of aliphatic hydroxyl groups excluding tert-OH is 1. The molecule has 4 nitrogen and oxygen atoms in total. The van der Waals surface area contributed by atoms with E-state index in [9.17, 15) is 5.11 Å². The molecule has 3 heterocycles. The second kappa shape index (κ2) is 6.34. The number of rotatable bonds is 3. The van der Waals surface area contributed by atoms with Crippen LogP contribution in [0.3, 0.4) is 0 Å². The molecule has 0 bridgehead atoms. The fraction of sp³-hybridized carbons (Fsp3) is 0.0435. The molecule has 0 aliphatic carbocycles. The van der Waals surface area contributed by atoms with Crippen LogP contribution < -0.4 is 0 Å². The highest BCUT2D eigenvalue weighted by Gasteiger charge is 2.11. The fourth-order valence-corrected chi connectivity index (χ4v) is 3.52. The number of aromatic amines is 1. The number of aromatic nitrogens is 3. The number of pyridine rings is 2. The molecule has 0 unspecified atom stereocenters. The average Bonchev–Trinajstić information content (AvgIpc) is 3.12. The number of nitrogens with one attached hydrogen (secondary N) is 1. The van der Waals surface area contributed by atoms with Crippen molar-refractivity contribution in [2.45, 2.75) is 6.61 Å². The Morgan fingerprint density at radius 2 is 1.63 bits per heavy atom. The third kappa shape index (κ3) is 2.67. The van der Waals surface area contributed by atoms with Gasteiger partial charge in [-0.25, -0.2) is 0 Å². The maximum atomic E-state index is 9.43. The Morgan fingerprint density at radius 3 is 2.41 bits per heavy atom. The third-order valence-electron chi connectivity index (χ3n) is 4.89. The zero-order chi connectivity index (χ0) is 18.2. The Labute approximate surface area is 156 Å². The number of H-pyrrole nitrogens is 1. The van der Waals surface area contributed by atoms with Crippen LogP contribution in [0.2, 0.25) is 0 Å². The standard InChI is InChI=1S/C23H17N3O/c27-14-15-4-9-21-19(13-15)18-10-12-25-22(23(18)26-21)17-7-5-16(6-8-17)20-3-1-2-11-24-20/h1-13,26-27H,14H2. The van der Waals surface area contributed by atoms with Crippen LogP contribution in [0.15, 0.2) is 79.1 Å². The first-order valence-corrected chi connectivity index (χ1v) is 8.85. The van der Waals surface area contributed by atoms with Crippen LogP contribution in [0.4, 0.5) is 0 Å². The van der Waals surface area contributed by atoms with Gasteiger partial charge in [0, 0.05) is 39.8 Å². The second-order valence-electron chi connectivity index (χ2n) is 6.54. The summed E-state index contributed by atoms with van der Waals surface area (Å²) >= 11 is 0. The van der Waals surface area contributed by atoms with Crippen LogP contribution >= 0.6 is 0 Å². The third-order valence-corrected chi connectivity index (χ3v) is 4.89. The van der Waals surface area contributed by atoms with Crippen molar-refractivity contribution in [2.24, 2.45) is 0 Å². The largest absolute Gasteiger partial charge is 0.392 e. The lowest BCUT2D eigenvalue weighted by atomic mass is 10.0. The lowest BCUT2D eigenvalue weighted by molar-refractivity contribution is 0.282. The smallest absolute Gasteiger partial charge is 0.0943 e. The summed E-state index contributed by atoms with van der Waals surface area (Å²) in [6.07, 6.45) is 3.64. The van der Waals surface area contributed by atoms with E-state index in [1.807, 2.05) is 48.7 Å². The van der Waals surface area contributed by atoms with E-state index >= 15 is 0 Å². The molecule has 0 atom stereocenters. The van der Waals surface area contributed by atoms with E-state index in [1.165, 1.54) is 0 Å². The Bertz CT molecular complexity index is 1240. The molecule has 2 aromatic carbocycles. The van der Waals surface area contributed by atoms with Crippen LogP contribution in [0, 0.1) is 0 Å². The summed E-state index contributed by atoms with van der Waals surface area (Å²) in [4.78, 5) is 12.5. The van der Waals surface area contributed by atoms with Crippen LogP contribution in [0.25, 0.3) is 44.3 Å². The Kier molecular flexibility index (Phi) is 3.69. The summed E-state index contributed by atoms with van der Waals surface area (Å²) in [5.74, 6) is 0. The summed E-state index contributed by atoms with van der Waals surface area (Å²) in [5.41, 5.74) is 6.96. The number of fused-ring (bicyclic) bond motifs is 3. The summed E-state index contributed by atoms with van der Waals surface area (Å²) in [6, 6.07) is 22.2. The van der Waals surface area contributed by atoms with E-state index in [-0.39, 0.29) is 6.61 Å². The Morgan fingerprint density at radius 1 is 0.778 bits per heavy atom. The van der Waals surface area contributed by atoms with Gasteiger partial charge in [0.15, 0.2) is 0 Å². The second-order valence-corrected chi connectivity index (χ2v) is 6.54. The Balaban J connectivity index is 1.64. The molecule has 0 saturated carbocycles. The summed E-state index contributed by atoms with van der Waals surface area (Å²) in [7, 11) is 0. The van der Waals surface area contributed by atoms with E-state index in [2.05, 4.69) is 39.2 Å². The van der Waals surface area contributed by atoms with Crippen LogP contribution in [-0.2, 0) is 6.61 Å². The van der Waals surface area contributed by atoms with Gasteiger partial charge in [0.25, 0.3) is 0 Å². The molecule has 0 saturated heterocycles. The zero-order valence-corrected chi connectivity index (χ0v) is 14.6. The highest BCUT2D eigenvalue weighted by molar-refractivity contribution is 6.11. The van der Waals surface area contributed by atoms with Gasteiger partial charge in [-0.3, -0.25) is 9.97 Å². The van der Waals surface area contributed by atoms with E-state index in [0.717, 1.165) is 49.9 Å². The first-order chi connectivity index (χ1) is 13.3. The van der Waals surface area contributed by atoms with E-state index in [1.54, 1.807) is 6.20 Å². The van der Waals surface area contributed by atoms with Crippen molar-refractivity contribution in [1.29, 1.82) is 0 Å². The molecule has 5 aromatic rings. The monoisotopic (exact) mass is 351 g/mol. The normalized spacial score (nSPS) is 11.3. The van der Waals surface area contributed by atoms with Crippen molar-refractivity contribution in [3.05, 3.63) is 84.7 Å². The molecule has 3 aromatic heterocycles. The van der Waals surface area contributed by atoms with Crippen molar-refractivity contribution >= 4 is 21.8 Å². The molecule has 0 spiro atoms. The number of benzene rings is 2. The van der Waals surface area contributed by atoms with Gasteiger partial charge in [-0.2, -0.15) is 0 Å².